The Kier molecular flexibility index (Phi) is 14.9. The monoisotopic (exact) mass is 1020 g/mol. The van der Waals surface area contributed by atoms with Gasteiger partial charge in [0, 0.05) is 75.3 Å². The molecular formula is C58H66N6O9S. The van der Waals surface area contributed by atoms with Gasteiger partial charge in [-0.1, -0.05) is 91.5 Å². The number of nitriles is 1. The lowest BCUT2D eigenvalue weighted by atomic mass is 9.64. The summed E-state index contributed by atoms with van der Waals surface area (Å²) in [6.45, 7) is 8.92. The first-order valence-corrected chi connectivity index (χ1v) is 26.1. The molecule has 3 fully saturated rings. The number of methoxy groups -OCH3 is 1. The number of ether oxygens (including phenoxy) is 5. The molecule has 6 aliphatic rings. The van der Waals surface area contributed by atoms with Crippen LogP contribution in [0.3, 0.4) is 0 Å². The van der Waals surface area contributed by atoms with Crippen molar-refractivity contribution in [1.29, 1.82) is 5.26 Å². The van der Waals surface area contributed by atoms with E-state index < -0.39 is 47.6 Å². The van der Waals surface area contributed by atoms with Gasteiger partial charge in [-0.05, 0) is 84.3 Å². The quantitative estimate of drug-likeness (QED) is 0.127. The van der Waals surface area contributed by atoms with Crippen molar-refractivity contribution in [1.82, 2.24) is 24.9 Å². The number of likely N-dealkylation sites (N-methyl/N-ethyl adjacent to an activating group) is 1. The van der Waals surface area contributed by atoms with Gasteiger partial charge in [0.05, 0.1) is 31.1 Å². The van der Waals surface area contributed by atoms with E-state index in [4.69, 9.17) is 23.7 Å². The Balaban J connectivity index is 0.000000777. The molecule has 16 heteroatoms. The minimum Gasteiger partial charge on any atom is -0.496 e. The molecule has 15 nitrogen and oxygen atoms in total. The average Bonchev–Trinajstić information content (AvgIpc) is 4.00. The fraction of sp³-hybridized carbons (Fsp3) is 0.414. The highest BCUT2D eigenvalue weighted by Crippen LogP contribution is 2.56. The second-order valence-electron chi connectivity index (χ2n) is 20.3. The third-order valence-corrected chi connectivity index (χ3v) is 16.7. The number of carbonyl (C=O) groups is 3. The van der Waals surface area contributed by atoms with E-state index in [2.05, 4.69) is 53.2 Å². The number of thioether (sulfide) groups is 1. The van der Waals surface area contributed by atoms with Gasteiger partial charge in [0.15, 0.2) is 22.9 Å². The molecule has 4 heterocycles. The first-order chi connectivity index (χ1) is 35.5. The maximum atomic E-state index is 14.7. The predicted molar refractivity (Wildman–Crippen MR) is 283 cm³/mol. The summed E-state index contributed by atoms with van der Waals surface area (Å²) >= 11 is 1.52. The number of piperazine rings is 1. The minimum absolute atomic E-state index is 0.00307. The van der Waals surface area contributed by atoms with E-state index in [9.17, 15) is 24.8 Å². The summed E-state index contributed by atoms with van der Waals surface area (Å²) in [5.74, 6) is 1.80. The molecule has 0 saturated carbocycles. The largest absolute Gasteiger partial charge is 0.496 e. The van der Waals surface area contributed by atoms with Crippen molar-refractivity contribution in [2.75, 3.05) is 67.3 Å². The molecule has 2 unspecified atom stereocenters. The van der Waals surface area contributed by atoms with Crippen molar-refractivity contribution in [3.63, 3.8) is 0 Å². The lowest BCUT2D eigenvalue weighted by molar-refractivity contribution is -0.159. The fourth-order valence-corrected chi connectivity index (χ4v) is 13.3. The van der Waals surface area contributed by atoms with Crippen molar-refractivity contribution < 1.29 is 43.2 Å². The molecule has 4 aromatic carbocycles. The number of Topliss-reactive ketones (excluding diaryl/α,β-unsaturated/α-hetero) is 1. The van der Waals surface area contributed by atoms with E-state index in [1.165, 1.54) is 34.0 Å². The summed E-state index contributed by atoms with van der Waals surface area (Å²) in [6.07, 6.45) is -0.282. The van der Waals surface area contributed by atoms with Gasteiger partial charge in [0.2, 0.25) is 6.79 Å². The minimum atomic E-state index is -2.08. The van der Waals surface area contributed by atoms with Crippen LogP contribution in [0.4, 0.5) is 4.79 Å². The molecule has 2 aliphatic carbocycles. The third kappa shape index (κ3) is 9.29. The zero-order chi connectivity index (χ0) is 52.7. The molecule has 2 bridgehead atoms. The summed E-state index contributed by atoms with van der Waals surface area (Å²) in [6, 6.07) is 26.5. The van der Waals surface area contributed by atoms with Crippen molar-refractivity contribution in [2.45, 2.75) is 88.0 Å². The first kappa shape index (κ1) is 52.1. The smallest absolute Gasteiger partial charge is 0.408 e. The van der Waals surface area contributed by atoms with E-state index in [0.29, 0.717) is 12.2 Å². The molecule has 0 spiro atoms. The Morgan fingerprint density at radius 2 is 1.58 bits per heavy atom. The number of hydrogen-bond donors (Lipinski definition) is 2. The van der Waals surface area contributed by atoms with Crippen LogP contribution in [0, 0.1) is 25.2 Å². The van der Waals surface area contributed by atoms with Crippen LogP contribution in [-0.4, -0.2) is 146 Å². The molecule has 0 aromatic heterocycles. The number of nitrogens with one attached hydrogen (secondary N) is 1. The van der Waals surface area contributed by atoms with Crippen LogP contribution >= 0.6 is 11.8 Å². The maximum absolute atomic E-state index is 14.7. The summed E-state index contributed by atoms with van der Waals surface area (Å²) in [5.41, 5.74) is 7.97. The number of piperidine rings is 1. The molecule has 0 radical (unpaired) electrons. The Labute approximate surface area is 438 Å². The van der Waals surface area contributed by atoms with Gasteiger partial charge < -0.3 is 43.9 Å². The highest BCUT2D eigenvalue weighted by molar-refractivity contribution is 7.99. The second kappa shape index (κ2) is 21.2. The summed E-state index contributed by atoms with van der Waals surface area (Å²) in [7, 11) is 11.5. The molecule has 74 heavy (non-hydrogen) atoms. The van der Waals surface area contributed by atoms with Gasteiger partial charge >= 0.3 is 12.1 Å². The van der Waals surface area contributed by atoms with Crippen LogP contribution in [0.1, 0.15) is 64.2 Å². The van der Waals surface area contributed by atoms with Crippen LogP contribution in [0.2, 0.25) is 0 Å². The normalized spacial score (nSPS) is 23.6. The van der Waals surface area contributed by atoms with Crippen molar-refractivity contribution in [3.8, 4) is 22.9 Å². The van der Waals surface area contributed by atoms with Gasteiger partial charge in [-0.2, -0.15) is 17.0 Å². The van der Waals surface area contributed by atoms with Crippen LogP contribution in [0.25, 0.3) is 11.1 Å². The van der Waals surface area contributed by atoms with Gasteiger partial charge in [-0.15, -0.1) is 0 Å². The molecule has 10 rings (SSSR count). The number of rotatable bonds is 13. The summed E-state index contributed by atoms with van der Waals surface area (Å²) < 4.78 is 29.7. The molecule has 1 amide bonds. The number of carbonyl (C=O) groups excluding carboxylic acids is 3. The number of aliphatic hydroxyl groups is 1. The first-order valence-electron chi connectivity index (χ1n) is 25.0. The van der Waals surface area contributed by atoms with Crippen molar-refractivity contribution in [2.24, 2.45) is 0 Å². The summed E-state index contributed by atoms with van der Waals surface area (Å²) in [5, 5.41) is 26.9. The lowest BCUT2D eigenvalue weighted by Gasteiger charge is -2.62. The number of benzene rings is 4. The number of ketones is 1. The van der Waals surface area contributed by atoms with E-state index in [-0.39, 0.29) is 72.8 Å². The zero-order valence-corrected chi connectivity index (χ0v) is 44.5. The number of fused-ring (bicyclic) bond motifs is 11. The molecule has 4 aromatic rings. The number of esters is 1. The highest BCUT2D eigenvalue weighted by Gasteiger charge is 2.64. The van der Waals surface area contributed by atoms with Gasteiger partial charge in [0.1, 0.15) is 31.0 Å². The molecule has 3 saturated heterocycles. The predicted octanol–water partition coefficient (Wildman–Crippen LogP) is 7.37. The Morgan fingerprint density at radius 1 is 0.946 bits per heavy atom. The Hall–Kier alpha value is -6.77. The molecular weight excluding hydrogens is 957 g/mol. The Morgan fingerprint density at radius 3 is 2.20 bits per heavy atom. The standard InChI is InChI=1S/C52H52N4O9S.C6H14N2/c1-28-19-32-20-39-41(22-53)56-40(45(55(39)4)43(32)29(2)46(28)61-5)21-52(60)44(48-47(64-27-65-48)30(3)49(52)57)42(56)24-62-50(58)38(54-51(59)63-23-31-13-7-6-8-14-31)26-66-25-37-35-17-11-9-15-33(35)34-16-10-12-18-36(34)37;1-6(7(2)3)8(4)5/h6-19,37-42,45,60H,20-21,23-27H2,1-5H3,(H,54,59);1H2,2-5H3/t38-,39+,40?,41+,42+,45+,52?;/m1./s1. The van der Waals surface area contributed by atoms with Crippen LogP contribution < -0.4 is 10.1 Å². The fourth-order valence-electron chi connectivity index (χ4n) is 12.1. The molecule has 4 aliphatic heterocycles. The lowest BCUT2D eigenvalue weighted by Crippen LogP contribution is -2.74. The Bertz CT molecular complexity index is 2910. The van der Waals surface area contributed by atoms with Gasteiger partial charge in [0.25, 0.3) is 0 Å². The van der Waals surface area contributed by atoms with E-state index in [1.54, 1.807) is 14.0 Å². The number of nitrogens with zero attached hydrogens (tertiary/aromatic N) is 5. The average molecular weight is 1020 g/mol. The SMILES string of the molecule is C=C(N(C)C)N(C)C.COc1c(C)cc2c(c1C)[C@@H]1C3CC4(O)C(=O)C(C)=C5OCOC5=C4[C@H](COC(=O)[C@@H](CSCC4c5ccccc5-c5ccccc54)NC(=O)OCc4ccccc4)N3[C@@H](C#N)[C@H](C2)N1C. The van der Waals surface area contributed by atoms with Gasteiger partial charge in [-0.3, -0.25) is 14.6 Å². The second-order valence-corrected chi connectivity index (χ2v) is 21.3. The van der Waals surface area contributed by atoms with E-state index in [1.807, 2.05) is 118 Å². The number of aryl methyl sites for hydroxylation is 1. The molecule has 2 N–H and O–H groups in total. The summed E-state index contributed by atoms with van der Waals surface area (Å²) in [4.78, 5) is 50.9. The zero-order valence-electron chi connectivity index (χ0n) is 43.6. The topological polar surface area (TPSA) is 166 Å². The highest BCUT2D eigenvalue weighted by atomic mass is 32.2. The van der Waals surface area contributed by atoms with Crippen molar-refractivity contribution >= 4 is 29.6 Å². The van der Waals surface area contributed by atoms with E-state index >= 15 is 0 Å². The van der Waals surface area contributed by atoms with Gasteiger partial charge in [-0.25, -0.2) is 9.59 Å². The van der Waals surface area contributed by atoms with Crippen LogP contribution in [0.5, 0.6) is 5.75 Å². The number of amides is 1. The molecule has 388 valence electrons. The molecule has 7 atom stereocenters. The number of hydrogen-bond acceptors (Lipinski definition) is 15. The maximum Gasteiger partial charge on any atom is 0.408 e. The van der Waals surface area contributed by atoms with Crippen LogP contribution in [0.15, 0.2) is 120 Å². The number of alkyl carbamates (subject to hydrolysis) is 1. The van der Waals surface area contributed by atoms with E-state index in [0.717, 1.165) is 39.4 Å². The van der Waals surface area contributed by atoms with Crippen LogP contribution in [-0.2, 0) is 41.6 Å². The van der Waals surface area contributed by atoms with Crippen molar-refractivity contribution in [3.05, 3.63) is 159 Å². The third-order valence-electron chi connectivity index (χ3n) is 15.6.